The predicted molar refractivity (Wildman–Crippen MR) is 119 cm³/mol. The number of furan rings is 1. The molecule has 0 spiro atoms. The van der Waals surface area contributed by atoms with Crippen molar-refractivity contribution in [2.75, 3.05) is 13.7 Å². The summed E-state index contributed by atoms with van der Waals surface area (Å²) in [6.45, 7) is 2.39. The van der Waals surface area contributed by atoms with Crippen molar-refractivity contribution in [2.24, 2.45) is 5.10 Å². The first-order chi connectivity index (χ1) is 13.4. The van der Waals surface area contributed by atoms with Gasteiger partial charge >= 0.3 is 5.91 Å². The third-order valence-electron chi connectivity index (χ3n) is 3.71. The monoisotopic (exact) mass is 572 g/mol. The Bertz CT molecular complexity index is 1060. The van der Waals surface area contributed by atoms with Gasteiger partial charge in [-0.15, -0.1) is 0 Å². The van der Waals surface area contributed by atoms with Crippen LogP contribution in [0.5, 0.6) is 11.5 Å². The zero-order chi connectivity index (χ0) is 20.3. The van der Waals surface area contributed by atoms with E-state index in [1.165, 1.54) is 6.21 Å². The van der Waals surface area contributed by atoms with E-state index in [-0.39, 0.29) is 5.76 Å². The average Bonchev–Trinajstić information content (AvgIpc) is 3.08. The molecule has 0 radical (unpaired) electrons. The van der Waals surface area contributed by atoms with Crippen LogP contribution >= 0.6 is 47.8 Å². The molecule has 3 rings (SSSR count). The topological polar surface area (TPSA) is 73.1 Å². The quantitative estimate of drug-likeness (QED) is 0.294. The summed E-state index contributed by atoms with van der Waals surface area (Å²) in [5.41, 5.74) is 3.78. The van der Waals surface area contributed by atoms with Gasteiger partial charge in [0.25, 0.3) is 0 Å². The lowest BCUT2D eigenvalue weighted by Crippen LogP contribution is -2.16. The van der Waals surface area contributed by atoms with Gasteiger partial charge in [0.05, 0.1) is 24.4 Å². The fourth-order valence-electron chi connectivity index (χ4n) is 2.48. The van der Waals surface area contributed by atoms with Gasteiger partial charge in [0.15, 0.2) is 17.3 Å². The van der Waals surface area contributed by atoms with Crippen molar-refractivity contribution in [1.29, 1.82) is 0 Å². The molecule has 1 amide bonds. The first-order valence-electron chi connectivity index (χ1n) is 8.15. The third kappa shape index (κ3) is 4.59. The molecule has 28 heavy (non-hydrogen) atoms. The second-order valence-corrected chi connectivity index (χ2v) is 8.20. The van der Waals surface area contributed by atoms with Gasteiger partial charge in [-0.05, 0) is 69.1 Å². The second-order valence-electron chi connectivity index (χ2n) is 5.57. The number of hydrazone groups is 1. The average molecular weight is 575 g/mol. The molecule has 0 saturated carbocycles. The normalized spacial score (nSPS) is 11.2. The summed E-state index contributed by atoms with van der Waals surface area (Å²) in [5.74, 6) is 0.905. The van der Waals surface area contributed by atoms with Gasteiger partial charge in [0, 0.05) is 19.9 Å². The molecular weight excluding hydrogens is 560 g/mol. The minimum absolute atomic E-state index is 0.162. The van der Waals surface area contributed by atoms with Gasteiger partial charge in [0.2, 0.25) is 0 Å². The Balaban J connectivity index is 1.78. The summed E-state index contributed by atoms with van der Waals surface area (Å²) in [5, 5.41) is 4.81. The lowest BCUT2D eigenvalue weighted by molar-refractivity contribution is 0.0929. The summed E-state index contributed by atoms with van der Waals surface area (Å²) in [4.78, 5) is 12.4. The van der Waals surface area contributed by atoms with Crippen LogP contribution in [0.15, 0.2) is 53.3 Å². The van der Waals surface area contributed by atoms with E-state index >= 15 is 0 Å². The summed E-state index contributed by atoms with van der Waals surface area (Å²) in [6.07, 6.45) is 1.51. The number of halogens is 3. The maximum absolute atomic E-state index is 12.4. The molecule has 2 aromatic carbocycles. The zero-order valence-electron chi connectivity index (χ0n) is 14.9. The van der Waals surface area contributed by atoms with Crippen LogP contribution in [-0.4, -0.2) is 25.8 Å². The minimum atomic E-state index is -0.454. The van der Waals surface area contributed by atoms with E-state index in [1.807, 2.05) is 19.1 Å². The molecule has 0 atom stereocenters. The molecule has 0 saturated heterocycles. The highest BCUT2D eigenvalue weighted by Crippen LogP contribution is 2.33. The van der Waals surface area contributed by atoms with Crippen molar-refractivity contribution >= 4 is 70.9 Å². The number of fused-ring (bicyclic) bond motifs is 1. The number of rotatable bonds is 6. The number of carbonyl (C=O) groups excluding carboxylic acids is 1. The van der Waals surface area contributed by atoms with Crippen LogP contribution in [0.1, 0.15) is 23.0 Å². The Hall–Kier alpha value is -1.84. The molecule has 3 aromatic rings. The summed E-state index contributed by atoms with van der Waals surface area (Å²) >= 11 is 10.3. The van der Waals surface area contributed by atoms with E-state index in [1.54, 1.807) is 25.3 Å². The van der Waals surface area contributed by atoms with Crippen LogP contribution in [0.3, 0.4) is 0 Å². The van der Waals surface area contributed by atoms with E-state index in [9.17, 15) is 4.79 Å². The van der Waals surface area contributed by atoms with Crippen LogP contribution < -0.4 is 14.9 Å². The molecule has 0 fully saturated rings. The van der Waals surface area contributed by atoms with Gasteiger partial charge in [0.1, 0.15) is 5.58 Å². The molecule has 146 valence electrons. The van der Waals surface area contributed by atoms with Crippen molar-refractivity contribution in [2.45, 2.75) is 6.92 Å². The Morgan fingerprint density at radius 3 is 2.64 bits per heavy atom. The number of carbonyl (C=O) groups is 1. The molecule has 9 heteroatoms. The molecule has 0 bridgehead atoms. The minimum Gasteiger partial charge on any atom is -0.493 e. The van der Waals surface area contributed by atoms with E-state index in [4.69, 9.17) is 13.9 Å². The summed E-state index contributed by atoms with van der Waals surface area (Å²) in [6, 6.07) is 8.93. The van der Waals surface area contributed by atoms with Crippen molar-refractivity contribution in [1.82, 2.24) is 5.43 Å². The van der Waals surface area contributed by atoms with Gasteiger partial charge in [-0.1, -0.05) is 15.9 Å². The SMILES string of the molecule is CCOc1cc(/C=N\NC(=O)c2cc3cc(Br)cc(Br)c3o2)c(Br)cc1OC. The fourth-order valence-corrected chi connectivity index (χ4v) is 4.24. The Morgan fingerprint density at radius 1 is 1.14 bits per heavy atom. The van der Waals surface area contributed by atoms with Gasteiger partial charge in [-0.3, -0.25) is 4.79 Å². The molecule has 0 aliphatic carbocycles. The van der Waals surface area contributed by atoms with Crippen LogP contribution in [-0.2, 0) is 0 Å². The highest BCUT2D eigenvalue weighted by Gasteiger charge is 2.14. The van der Waals surface area contributed by atoms with Crippen LogP contribution in [0, 0.1) is 0 Å². The summed E-state index contributed by atoms with van der Waals surface area (Å²) < 4.78 is 18.9. The van der Waals surface area contributed by atoms with Crippen molar-refractivity contribution in [3.8, 4) is 11.5 Å². The first kappa shape index (κ1) is 20.9. The van der Waals surface area contributed by atoms with Gasteiger partial charge in [-0.2, -0.15) is 5.10 Å². The van der Waals surface area contributed by atoms with Crippen LogP contribution in [0.2, 0.25) is 0 Å². The van der Waals surface area contributed by atoms with E-state index in [0.29, 0.717) is 23.7 Å². The third-order valence-corrected chi connectivity index (χ3v) is 5.45. The molecular formula is C19H15Br3N2O4. The molecule has 0 aliphatic heterocycles. The molecule has 1 N–H and O–H groups in total. The number of amides is 1. The van der Waals surface area contributed by atoms with E-state index in [0.717, 1.165) is 24.4 Å². The predicted octanol–water partition coefficient (Wildman–Crippen LogP) is 5.89. The lowest BCUT2D eigenvalue weighted by atomic mass is 10.2. The summed E-state index contributed by atoms with van der Waals surface area (Å²) in [7, 11) is 1.57. The standard InChI is InChI=1S/C19H15Br3N2O4/c1-3-27-16-6-11(13(21)8-15(16)26-2)9-23-24-19(25)17-5-10-4-12(20)7-14(22)18(10)28-17/h4-9H,3H2,1-2H3,(H,24,25)/b23-9-. The highest BCUT2D eigenvalue weighted by molar-refractivity contribution is 9.11. The van der Waals surface area contributed by atoms with Gasteiger partial charge in [-0.25, -0.2) is 5.43 Å². The van der Waals surface area contributed by atoms with Crippen molar-refractivity contribution in [3.63, 3.8) is 0 Å². The largest absolute Gasteiger partial charge is 0.493 e. The molecule has 1 heterocycles. The lowest BCUT2D eigenvalue weighted by Gasteiger charge is -2.11. The molecule has 0 aliphatic rings. The number of methoxy groups -OCH3 is 1. The molecule has 1 aromatic heterocycles. The fraction of sp³-hybridized carbons (Fsp3) is 0.158. The smallest absolute Gasteiger partial charge is 0.307 e. The first-order valence-corrected chi connectivity index (χ1v) is 10.5. The Kier molecular flexibility index (Phi) is 6.79. The number of hydrogen-bond donors (Lipinski definition) is 1. The van der Waals surface area contributed by atoms with Crippen LogP contribution in [0.25, 0.3) is 11.0 Å². The number of benzene rings is 2. The van der Waals surface area contributed by atoms with E-state index < -0.39 is 5.91 Å². The van der Waals surface area contributed by atoms with E-state index in [2.05, 4.69) is 58.3 Å². The Labute approximate surface area is 186 Å². The number of nitrogens with one attached hydrogen (secondary N) is 1. The van der Waals surface area contributed by atoms with Crippen LogP contribution in [0.4, 0.5) is 0 Å². The van der Waals surface area contributed by atoms with Crippen molar-refractivity contribution < 1.29 is 18.7 Å². The highest BCUT2D eigenvalue weighted by atomic mass is 79.9. The number of ether oxygens (including phenoxy) is 2. The maximum Gasteiger partial charge on any atom is 0.307 e. The maximum atomic E-state index is 12.4. The second kappa shape index (κ2) is 9.11. The molecule has 0 unspecified atom stereocenters. The molecule has 6 nitrogen and oxygen atoms in total. The number of hydrogen-bond acceptors (Lipinski definition) is 5. The number of nitrogens with zero attached hydrogens (tertiary/aromatic N) is 1. The zero-order valence-corrected chi connectivity index (χ0v) is 19.6. The van der Waals surface area contributed by atoms with Crippen molar-refractivity contribution in [3.05, 3.63) is 55.1 Å². The van der Waals surface area contributed by atoms with Gasteiger partial charge < -0.3 is 13.9 Å². The Morgan fingerprint density at radius 2 is 1.93 bits per heavy atom.